The fraction of sp³-hybridized carbons (Fsp3) is 0.174. The Bertz CT molecular complexity index is 1100. The number of ether oxygens (including phenoxy) is 1. The summed E-state index contributed by atoms with van der Waals surface area (Å²) in [4.78, 5) is 12.2. The van der Waals surface area contributed by atoms with Crippen LogP contribution in [0.25, 0.3) is 11.4 Å². The fourth-order valence-corrected chi connectivity index (χ4v) is 3.08. The minimum atomic E-state index is -0.0125. The fourth-order valence-electron chi connectivity index (χ4n) is 3.08. The predicted octanol–water partition coefficient (Wildman–Crippen LogP) is 3.32. The number of nitrogens with zero attached hydrogens (tertiary/aromatic N) is 4. The van der Waals surface area contributed by atoms with E-state index in [2.05, 4.69) is 15.5 Å². The van der Waals surface area contributed by atoms with Crippen molar-refractivity contribution < 1.29 is 9.53 Å². The smallest absolute Gasteiger partial charge is 0.220 e. The number of amides is 1. The van der Waals surface area contributed by atoms with E-state index in [-0.39, 0.29) is 5.91 Å². The molecule has 7 heteroatoms. The van der Waals surface area contributed by atoms with E-state index in [1.807, 2.05) is 77.7 Å². The first-order chi connectivity index (χ1) is 14.7. The van der Waals surface area contributed by atoms with Gasteiger partial charge in [-0.15, -0.1) is 0 Å². The Morgan fingerprint density at radius 3 is 2.53 bits per heavy atom. The third-order valence-corrected chi connectivity index (χ3v) is 4.75. The van der Waals surface area contributed by atoms with Gasteiger partial charge in [0.15, 0.2) is 0 Å². The highest BCUT2D eigenvalue weighted by Crippen LogP contribution is 2.14. The number of nitrogens with one attached hydrogen (secondary N) is 1. The molecule has 30 heavy (non-hydrogen) atoms. The monoisotopic (exact) mass is 401 g/mol. The Balaban J connectivity index is 1.26. The van der Waals surface area contributed by atoms with E-state index < -0.39 is 0 Å². The molecule has 152 valence electrons. The molecule has 0 saturated carbocycles. The Morgan fingerprint density at radius 1 is 1.00 bits per heavy atom. The molecule has 0 bridgehead atoms. The van der Waals surface area contributed by atoms with E-state index in [4.69, 9.17) is 4.74 Å². The maximum absolute atomic E-state index is 12.2. The van der Waals surface area contributed by atoms with Gasteiger partial charge in [0.1, 0.15) is 5.75 Å². The zero-order valence-corrected chi connectivity index (χ0v) is 16.7. The normalized spacial score (nSPS) is 10.7. The first-order valence-electron chi connectivity index (χ1n) is 9.76. The maximum atomic E-state index is 12.2. The average molecular weight is 401 g/mol. The van der Waals surface area contributed by atoms with Gasteiger partial charge in [0.2, 0.25) is 5.91 Å². The molecule has 0 radical (unpaired) electrons. The van der Waals surface area contributed by atoms with Crippen molar-refractivity contribution in [1.29, 1.82) is 0 Å². The summed E-state index contributed by atoms with van der Waals surface area (Å²) in [7, 11) is 1.64. The Morgan fingerprint density at radius 2 is 1.77 bits per heavy atom. The lowest BCUT2D eigenvalue weighted by atomic mass is 10.2. The minimum Gasteiger partial charge on any atom is -0.497 e. The van der Waals surface area contributed by atoms with E-state index in [9.17, 15) is 4.79 Å². The van der Waals surface area contributed by atoms with Gasteiger partial charge in [-0.1, -0.05) is 18.2 Å². The summed E-state index contributed by atoms with van der Waals surface area (Å²) in [6.45, 7) is 0.394. The second kappa shape index (κ2) is 9.09. The van der Waals surface area contributed by atoms with Crippen molar-refractivity contribution in [3.63, 3.8) is 0 Å². The van der Waals surface area contributed by atoms with Gasteiger partial charge in [-0.05, 0) is 54.4 Å². The molecule has 0 saturated heterocycles. The van der Waals surface area contributed by atoms with Crippen LogP contribution >= 0.6 is 0 Å². The van der Waals surface area contributed by atoms with Crippen LogP contribution in [0.1, 0.15) is 17.7 Å². The van der Waals surface area contributed by atoms with Gasteiger partial charge >= 0.3 is 0 Å². The van der Waals surface area contributed by atoms with Gasteiger partial charge in [0.25, 0.3) is 0 Å². The van der Waals surface area contributed by atoms with Crippen LogP contribution in [-0.4, -0.2) is 32.6 Å². The van der Waals surface area contributed by atoms with Crippen molar-refractivity contribution in [2.24, 2.45) is 0 Å². The van der Waals surface area contributed by atoms with Crippen LogP contribution in [0.15, 0.2) is 79.3 Å². The van der Waals surface area contributed by atoms with Crippen LogP contribution in [0, 0.1) is 0 Å². The molecule has 7 nitrogen and oxygen atoms in total. The highest BCUT2D eigenvalue weighted by Gasteiger charge is 2.07. The van der Waals surface area contributed by atoms with Gasteiger partial charge < -0.3 is 10.1 Å². The van der Waals surface area contributed by atoms with Gasteiger partial charge in [-0.25, -0.2) is 9.36 Å². The zero-order valence-electron chi connectivity index (χ0n) is 16.7. The summed E-state index contributed by atoms with van der Waals surface area (Å²) in [5.41, 5.74) is 3.76. The topological polar surface area (TPSA) is 74.0 Å². The molecule has 0 aliphatic rings. The van der Waals surface area contributed by atoms with Crippen molar-refractivity contribution in [3.8, 4) is 17.1 Å². The van der Waals surface area contributed by atoms with Crippen molar-refractivity contribution in [2.75, 3.05) is 7.11 Å². The lowest BCUT2D eigenvalue weighted by Crippen LogP contribution is -2.23. The number of aryl methyl sites for hydroxylation is 1. The number of methoxy groups -OCH3 is 1. The van der Waals surface area contributed by atoms with E-state index in [0.29, 0.717) is 19.4 Å². The summed E-state index contributed by atoms with van der Waals surface area (Å²) in [6, 6.07) is 19.4. The highest BCUT2D eigenvalue weighted by molar-refractivity contribution is 5.76. The number of rotatable bonds is 8. The number of carbonyl (C=O) groups is 1. The molecule has 2 heterocycles. The van der Waals surface area contributed by atoms with Crippen LogP contribution in [0.4, 0.5) is 0 Å². The number of hydrogen-bond donors (Lipinski definition) is 1. The predicted molar refractivity (Wildman–Crippen MR) is 114 cm³/mol. The third kappa shape index (κ3) is 4.75. The Labute approximate surface area is 174 Å². The van der Waals surface area contributed by atoms with Crippen molar-refractivity contribution in [1.82, 2.24) is 24.9 Å². The second-order valence-electron chi connectivity index (χ2n) is 6.86. The van der Waals surface area contributed by atoms with Crippen molar-refractivity contribution >= 4 is 5.91 Å². The second-order valence-corrected chi connectivity index (χ2v) is 6.86. The lowest BCUT2D eigenvalue weighted by molar-refractivity contribution is -0.121. The summed E-state index contributed by atoms with van der Waals surface area (Å²) in [6.07, 6.45) is 6.68. The van der Waals surface area contributed by atoms with E-state index in [1.54, 1.807) is 18.0 Å². The minimum absolute atomic E-state index is 0.0125. The van der Waals surface area contributed by atoms with Crippen LogP contribution in [0.5, 0.6) is 5.75 Å². The van der Waals surface area contributed by atoms with Gasteiger partial charge in [-0.2, -0.15) is 10.2 Å². The van der Waals surface area contributed by atoms with E-state index >= 15 is 0 Å². The number of benzene rings is 2. The van der Waals surface area contributed by atoms with Gasteiger partial charge in [0.05, 0.1) is 36.9 Å². The molecule has 2 aromatic carbocycles. The van der Waals surface area contributed by atoms with Crippen LogP contribution in [-0.2, 0) is 17.8 Å². The average Bonchev–Trinajstić information content (AvgIpc) is 3.47. The molecule has 1 amide bonds. The molecule has 0 fully saturated rings. The molecule has 0 aliphatic carbocycles. The summed E-state index contributed by atoms with van der Waals surface area (Å²) < 4.78 is 8.77. The molecule has 0 spiro atoms. The molecule has 1 N–H and O–H groups in total. The van der Waals surface area contributed by atoms with Gasteiger partial charge in [-0.3, -0.25) is 4.79 Å². The number of aromatic nitrogens is 4. The maximum Gasteiger partial charge on any atom is 0.220 e. The number of hydrogen-bond acceptors (Lipinski definition) is 4. The van der Waals surface area contributed by atoms with Crippen LogP contribution in [0.2, 0.25) is 0 Å². The number of para-hydroxylation sites is 1. The summed E-state index contributed by atoms with van der Waals surface area (Å²) in [5, 5.41) is 11.8. The van der Waals surface area contributed by atoms with E-state index in [0.717, 1.165) is 28.4 Å². The molecule has 4 rings (SSSR count). The third-order valence-electron chi connectivity index (χ3n) is 4.75. The molecular weight excluding hydrogens is 378 g/mol. The molecule has 2 aromatic heterocycles. The summed E-state index contributed by atoms with van der Waals surface area (Å²) in [5.74, 6) is 0.786. The Kier molecular flexibility index (Phi) is 5.89. The van der Waals surface area contributed by atoms with E-state index in [1.165, 1.54) is 0 Å². The lowest BCUT2D eigenvalue weighted by Gasteiger charge is -2.04. The Hall–Kier alpha value is -3.87. The standard InChI is InChI=1S/C23H23N5O2/c1-30-22-10-8-21(9-11-22)27-14-13-19(26-27)16-24-23(29)12-7-18-15-25-28(17-18)20-5-3-2-4-6-20/h2-6,8-11,13-15,17H,7,12,16H2,1H3,(H,24,29). The van der Waals surface area contributed by atoms with Crippen LogP contribution in [0.3, 0.4) is 0 Å². The van der Waals surface area contributed by atoms with Crippen LogP contribution < -0.4 is 10.1 Å². The molecule has 0 unspecified atom stereocenters. The molecule has 0 atom stereocenters. The first kappa shape index (κ1) is 19.4. The largest absolute Gasteiger partial charge is 0.497 e. The quantitative estimate of drug-likeness (QED) is 0.492. The highest BCUT2D eigenvalue weighted by atomic mass is 16.5. The summed E-state index contributed by atoms with van der Waals surface area (Å²) >= 11 is 0. The van der Waals surface area contributed by atoms with Crippen molar-refractivity contribution in [3.05, 3.63) is 90.5 Å². The zero-order chi connectivity index (χ0) is 20.8. The SMILES string of the molecule is COc1ccc(-n2ccc(CNC(=O)CCc3cnn(-c4ccccc4)c3)n2)cc1. The van der Waals surface area contributed by atoms with Gasteiger partial charge in [0, 0.05) is 18.8 Å². The van der Waals surface area contributed by atoms with Crippen molar-refractivity contribution in [2.45, 2.75) is 19.4 Å². The first-order valence-corrected chi connectivity index (χ1v) is 9.76. The molecule has 4 aromatic rings. The molecule has 0 aliphatic heterocycles. The molecular formula is C23H23N5O2. The number of carbonyl (C=O) groups excluding carboxylic acids is 1.